The van der Waals surface area contributed by atoms with E-state index >= 15 is 0 Å². The molecule has 0 saturated carbocycles. The number of amides is 2. The Bertz CT molecular complexity index is 926. The lowest BCUT2D eigenvalue weighted by atomic mass is 10.1. The molecule has 184 valence electrons. The quantitative estimate of drug-likeness (QED) is 0.514. The number of carboxylic acid groups (broad SMARTS) is 1. The minimum atomic E-state index is -2.90. The number of nitrogens with one attached hydrogen (secondary N) is 2. The van der Waals surface area contributed by atoms with Gasteiger partial charge in [0, 0.05) is 18.1 Å². The number of fused-ring (bicyclic) bond motifs is 1. The number of carbonyl (C=O) groups is 3. The van der Waals surface area contributed by atoms with E-state index in [0.717, 1.165) is 6.42 Å². The Morgan fingerprint density at radius 1 is 1.24 bits per heavy atom. The summed E-state index contributed by atoms with van der Waals surface area (Å²) in [4.78, 5) is 35.2. The van der Waals surface area contributed by atoms with Gasteiger partial charge in [-0.15, -0.1) is 0 Å². The molecule has 1 saturated heterocycles. The maximum atomic E-state index is 12.5. The van der Waals surface area contributed by atoms with Crippen LogP contribution in [0.4, 0.5) is 0 Å². The van der Waals surface area contributed by atoms with Gasteiger partial charge in [0.25, 0.3) is 12.4 Å². The molecule has 0 radical (unpaired) electrons. The summed E-state index contributed by atoms with van der Waals surface area (Å²) < 4.78 is 29.0. The number of rotatable bonds is 3. The number of hydrogen-bond donors (Lipinski definition) is 3. The molecule has 10 nitrogen and oxygen atoms in total. The van der Waals surface area contributed by atoms with E-state index in [1.807, 2.05) is 4.90 Å². The number of nitrogens with zero attached hydrogens (tertiary/aromatic N) is 1. The van der Waals surface area contributed by atoms with Crippen LogP contribution in [0.15, 0.2) is 18.2 Å². The van der Waals surface area contributed by atoms with Crippen molar-refractivity contribution in [2.24, 2.45) is 5.92 Å². The van der Waals surface area contributed by atoms with E-state index in [1.54, 1.807) is 18.2 Å². The third-order valence-corrected chi connectivity index (χ3v) is 7.42. The lowest BCUT2D eigenvalue weighted by Gasteiger charge is -2.23. The van der Waals surface area contributed by atoms with Crippen LogP contribution in [-0.2, 0) is 19.4 Å². The molecule has 0 spiro atoms. The normalized spacial score (nSPS) is 21.8. The highest BCUT2D eigenvalue weighted by Gasteiger charge is 2.28. The Hall–Kier alpha value is -2.37. The second-order valence-electron chi connectivity index (χ2n) is 7.89. The first kappa shape index (κ1) is 26.9. The molecule has 1 unspecified atom stereocenters. The highest BCUT2D eigenvalue weighted by atomic mass is 35.5. The maximum Gasteiger partial charge on any atom is 0.290 e. The molecule has 2 amide bonds. The third kappa shape index (κ3) is 9.56. The first-order chi connectivity index (χ1) is 15.7. The van der Waals surface area contributed by atoms with Crippen molar-refractivity contribution < 1.29 is 32.6 Å². The molecule has 12 heteroatoms. The number of sulfone groups is 1. The van der Waals surface area contributed by atoms with E-state index in [1.165, 1.54) is 0 Å². The van der Waals surface area contributed by atoms with Crippen molar-refractivity contribution in [3.63, 3.8) is 0 Å². The summed E-state index contributed by atoms with van der Waals surface area (Å²) in [5, 5.41) is 13.0. The fraction of sp³-hybridized carbons (Fsp3) is 0.571. The van der Waals surface area contributed by atoms with Gasteiger partial charge in [-0.1, -0.05) is 11.6 Å². The van der Waals surface area contributed by atoms with Crippen LogP contribution < -0.4 is 15.4 Å². The summed E-state index contributed by atoms with van der Waals surface area (Å²) in [6, 6.07) is 4.87. The molecule has 0 aliphatic carbocycles. The first-order valence-corrected chi connectivity index (χ1v) is 12.9. The number of hydrogen-bond acceptors (Lipinski definition) is 7. The Kier molecular flexibility index (Phi) is 10.9. The van der Waals surface area contributed by atoms with Gasteiger partial charge >= 0.3 is 0 Å². The summed E-state index contributed by atoms with van der Waals surface area (Å²) in [6.45, 7) is 2.26. The largest absolute Gasteiger partial charge is 0.491 e. The van der Waals surface area contributed by atoms with Gasteiger partial charge in [-0.25, -0.2) is 8.42 Å². The van der Waals surface area contributed by atoms with Gasteiger partial charge in [-0.05, 0) is 49.9 Å². The van der Waals surface area contributed by atoms with E-state index in [0.29, 0.717) is 55.4 Å². The molecule has 0 aromatic heterocycles. The fourth-order valence-corrected chi connectivity index (χ4v) is 5.83. The van der Waals surface area contributed by atoms with Gasteiger partial charge in [0.05, 0.1) is 30.2 Å². The van der Waals surface area contributed by atoms with Gasteiger partial charge in [0.2, 0.25) is 5.91 Å². The molecular weight excluding hydrogens is 474 g/mol. The zero-order valence-electron chi connectivity index (χ0n) is 18.3. The van der Waals surface area contributed by atoms with Crippen molar-refractivity contribution in [2.75, 3.05) is 50.8 Å². The van der Waals surface area contributed by atoms with Crippen LogP contribution in [0.25, 0.3) is 0 Å². The van der Waals surface area contributed by atoms with Crippen LogP contribution >= 0.6 is 11.6 Å². The first-order valence-electron chi connectivity index (χ1n) is 10.7. The predicted molar refractivity (Wildman–Crippen MR) is 123 cm³/mol. The van der Waals surface area contributed by atoms with Crippen molar-refractivity contribution in [2.45, 2.75) is 19.3 Å². The van der Waals surface area contributed by atoms with Gasteiger partial charge in [-0.2, -0.15) is 0 Å². The number of carbonyl (C=O) groups excluding carboxylic acids is 2. The van der Waals surface area contributed by atoms with E-state index < -0.39 is 9.84 Å². The van der Waals surface area contributed by atoms with Gasteiger partial charge < -0.3 is 20.5 Å². The van der Waals surface area contributed by atoms with Crippen LogP contribution in [0.2, 0.25) is 5.02 Å². The molecule has 1 fully saturated rings. The molecule has 2 aliphatic heterocycles. The maximum absolute atomic E-state index is 12.5. The number of benzene rings is 1. The molecule has 3 N–H and O–H groups in total. The highest BCUT2D eigenvalue weighted by Crippen LogP contribution is 2.23. The van der Waals surface area contributed by atoms with Crippen molar-refractivity contribution in [3.05, 3.63) is 28.8 Å². The predicted octanol–water partition coefficient (Wildman–Crippen LogP) is 0.796. The average Bonchev–Trinajstić information content (AvgIpc) is 3.11. The van der Waals surface area contributed by atoms with Crippen LogP contribution in [0.3, 0.4) is 0 Å². The van der Waals surface area contributed by atoms with E-state index in [9.17, 15) is 18.0 Å². The van der Waals surface area contributed by atoms with Gasteiger partial charge in [0.15, 0.2) is 9.84 Å². The molecule has 1 atom stereocenters. The Morgan fingerprint density at radius 2 is 2.00 bits per heavy atom. The minimum Gasteiger partial charge on any atom is -0.491 e. The fourth-order valence-electron chi connectivity index (χ4n) is 3.75. The van der Waals surface area contributed by atoms with Crippen LogP contribution in [0.5, 0.6) is 5.75 Å². The standard InChI is InChI=1S/C20H28ClN3O5S.CH2O2/c21-16-2-3-18-17(12-16)20(26)23-6-1-8-24(13-19(25)22-7-10-29-18)9-4-15-5-11-30(27,28)14-15;2-1-3/h2-3,12,15H,1,4-11,13-14H2,(H,22,25)(H,23,26);1H,(H,2,3). The summed E-state index contributed by atoms with van der Waals surface area (Å²) >= 11 is 6.02. The summed E-state index contributed by atoms with van der Waals surface area (Å²) in [7, 11) is -2.90. The minimum absolute atomic E-state index is 0.102. The molecule has 1 aromatic carbocycles. The summed E-state index contributed by atoms with van der Waals surface area (Å²) in [5.74, 6) is 0.723. The second kappa shape index (κ2) is 13.4. The Balaban J connectivity index is 0.00000122. The lowest BCUT2D eigenvalue weighted by Crippen LogP contribution is -2.41. The molecular formula is C21H30ClN3O7S. The molecule has 2 aliphatic rings. The van der Waals surface area contributed by atoms with Crippen LogP contribution in [0.1, 0.15) is 29.6 Å². The molecule has 0 bridgehead atoms. The molecule has 1 aromatic rings. The molecule has 2 heterocycles. The smallest absolute Gasteiger partial charge is 0.290 e. The summed E-state index contributed by atoms with van der Waals surface area (Å²) in [5.41, 5.74) is 0.366. The Labute approximate surface area is 198 Å². The van der Waals surface area contributed by atoms with E-state index in [4.69, 9.17) is 26.2 Å². The van der Waals surface area contributed by atoms with Crippen molar-refractivity contribution in [1.82, 2.24) is 15.5 Å². The monoisotopic (exact) mass is 503 g/mol. The highest BCUT2D eigenvalue weighted by molar-refractivity contribution is 7.91. The van der Waals surface area contributed by atoms with Crippen molar-refractivity contribution >= 4 is 39.7 Å². The van der Waals surface area contributed by atoms with Gasteiger partial charge in [0.1, 0.15) is 12.4 Å². The SMILES string of the molecule is O=C1CN(CCC2CCS(=O)(=O)C2)CCCNC(=O)c2cc(Cl)ccc2OCCN1.O=CO. The van der Waals surface area contributed by atoms with E-state index in [-0.39, 0.29) is 48.9 Å². The molecule has 3 rings (SSSR count). The lowest BCUT2D eigenvalue weighted by molar-refractivity contribution is -0.123. The average molecular weight is 504 g/mol. The Morgan fingerprint density at radius 3 is 2.70 bits per heavy atom. The topological polar surface area (TPSA) is 142 Å². The van der Waals surface area contributed by atoms with Gasteiger partial charge in [-0.3, -0.25) is 19.3 Å². The van der Waals surface area contributed by atoms with Crippen molar-refractivity contribution in [1.29, 1.82) is 0 Å². The summed E-state index contributed by atoms with van der Waals surface area (Å²) in [6.07, 6.45) is 2.10. The molecule has 33 heavy (non-hydrogen) atoms. The third-order valence-electron chi connectivity index (χ3n) is 5.35. The zero-order chi connectivity index (χ0) is 24.3. The second-order valence-corrected chi connectivity index (χ2v) is 10.6. The van der Waals surface area contributed by atoms with Crippen molar-refractivity contribution in [3.8, 4) is 5.75 Å². The number of halogens is 1. The van der Waals surface area contributed by atoms with E-state index in [2.05, 4.69) is 10.6 Å². The van der Waals surface area contributed by atoms with Crippen LogP contribution in [0, 0.1) is 5.92 Å². The number of ether oxygens (including phenoxy) is 1. The zero-order valence-corrected chi connectivity index (χ0v) is 19.9. The van der Waals surface area contributed by atoms with Crippen LogP contribution in [-0.4, -0.2) is 87.5 Å².